The van der Waals surface area contributed by atoms with Crippen LogP contribution in [0.5, 0.6) is 0 Å². The Hall–Kier alpha value is -11.3. The monoisotopic (exact) mass is 1660 g/mol. The molecule has 4 aromatic heterocycles. The molecule has 638 valence electrons. The molecular weight excluding hydrogens is 1530 g/mol. The van der Waals surface area contributed by atoms with E-state index >= 15 is 0 Å². The van der Waals surface area contributed by atoms with Crippen LogP contribution in [0.25, 0.3) is 0 Å². The van der Waals surface area contributed by atoms with Crippen molar-refractivity contribution in [3.8, 4) is 0 Å². The van der Waals surface area contributed by atoms with Gasteiger partial charge >= 0.3 is 30.3 Å². The molecule has 11 rings (SSSR count). The van der Waals surface area contributed by atoms with Crippen molar-refractivity contribution < 1.29 is 62.4 Å². The van der Waals surface area contributed by atoms with Crippen LogP contribution in [-0.2, 0) is 38.2 Å². The summed E-state index contributed by atoms with van der Waals surface area (Å²) in [5.74, 6) is 0.433. The zero-order chi connectivity index (χ0) is 82.1. The molecule has 30 heteroatoms. The Balaban J connectivity index is 0.000000733. The highest BCUT2D eigenvalue weighted by Gasteiger charge is 2.27. The number of hydrogen-bond donors (Lipinski definition) is 10. The fourth-order valence-corrected chi connectivity index (χ4v) is 10.9. The molecule has 117 heavy (non-hydrogen) atoms. The Bertz CT molecular complexity index is 4380. The molecule has 0 unspecified atom stereocenters. The Morgan fingerprint density at radius 3 is 1.21 bits per heavy atom. The van der Waals surface area contributed by atoms with Crippen LogP contribution in [0.15, 0.2) is 170 Å². The standard InChI is InChI=1S/C22H28N4O3.C21H26N4O3.C18H19ClN2O3.C11H16N2O2.C6H4ClNO2.C4H10N2.5CH4/c1-22(2,3)29-21(28)25-18-7-5-4-6-15(18)12-19(27)16-8-9-20(24-13-16)26-11-10-17(23)14-26;1-2-11-28-21(27)24-17-9-10-25(14-17)20-8-7-16(13-23-20)19(26)12-15-5-3-4-6-18(15)22;1-18(2,3)24-17(23)21-14-7-5-4-6-12(14)10-15(22)13-8-9-16(19)20-11-13;1-11(2,3)15-10(14)13-9-7-5-4-6-8(9)12;7-5-2-1-4(3-8-5)6(9)10;5-4-1-2-6-3-4;;;;;/h4-9,13,17H,10-12,14,23H2,1-3H3,(H,25,28);3-8,13,17H,2,9-12,14,22H2,1H3,(H,24,27);4-9,11H,10H2,1-3H3,(H,21,23);4-7H,12H2,1-3H3,(H,13,14);1-3H,(H,9,10);4,6H,1-3,5H2;5*1H4/t2*17-;;;;4-;;;;;/m00...0...../s1. The lowest BCUT2D eigenvalue weighted by atomic mass is 10.0. The number of halogens is 2. The van der Waals surface area contributed by atoms with Crippen LogP contribution in [0, 0.1) is 0 Å². The number of amides is 4. The summed E-state index contributed by atoms with van der Waals surface area (Å²) in [7, 11) is 0. The maximum atomic E-state index is 12.7. The van der Waals surface area contributed by atoms with Gasteiger partial charge in [0.1, 0.15) is 38.7 Å². The number of para-hydroxylation sites is 5. The van der Waals surface area contributed by atoms with Gasteiger partial charge in [0.05, 0.1) is 29.6 Å². The number of carboxylic acids is 1. The predicted octanol–water partition coefficient (Wildman–Crippen LogP) is 17.2. The summed E-state index contributed by atoms with van der Waals surface area (Å²) >= 11 is 11.1. The molecule has 4 aromatic carbocycles. The lowest BCUT2D eigenvalue weighted by Crippen LogP contribution is -2.37. The summed E-state index contributed by atoms with van der Waals surface area (Å²) < 4.78 is 20.7. The molecule has 7 heterocycles. The number of aromatic carboxylic acids is 1. The highest BCUT2D eigenvalue weighted by molar-refractivity contribution is 6.29. The van der Waals surface area contributed by atoms with Crippen LogP contribution in [-0.4, -0.2) is 154 Å². The number of carboxylic acid groups (broad SMARTS) is 1. The van der Waals surface area contributed by atoms with E-state index in [1.807, 2.05) is 55.5 Å². The van der Waals surface area contributed by atoms with E-state index in [0.29, 0.717) is 80.2 Å². The van der Waals surface area contributed by atoms with Gasteiger partial charge in [-0.05, 0) is 190 Å². The van der Waals surface area contributed by atoms with Crippen molar-refractivity contribution in [2.24, 2.45) is 11.5 Å². The maximum Gasteiger partial charge on any atom is 0.412 e. The van der Waals surface area contributed by atoms with E-state index in [4.69, 9.17) is 70.2 Å². The number of alkyl carbamates (subject to hydrolysis) is 1. The second-order valence-corrected chi connectivity index (χ2v) is 29.9. The number of rotatable bonds is 18. The second-order valence-electron chi connectivity index (χ2n) is 29.1. The zero-order valence-electron chi connectivity index (χ0n) is 64.9. The fraction of sp³-hybridized carbons (Fsp3) is 0.402. The van der Waals surface area contributed by atoms with Crippen molar-refractivity contribution in [3.05, 3.63) is 220 Å². The van der Waals surface area contributed by atoms with Gasteiger partial charge in [0.25, 0.3) is 0 Å². The summed E-state index contributed by atoms with van der Waals surface area (Å²) in [5.41, 5.74) is 28.0. The van der Waals surface area contributed by atoms with Crippen molar-refractivity contribution in [1.82, 2.24) is 30.6 Å². The van der Waals surface area contributed by atoms with Gasteiger partial charge in [-0.25, -0.2) is 43.9 Å². The molecule has 0 bridgehead atoms. The summed E-state index contributed by atoms with van der Waals surface area (Å²) in [6, 6.07) is 42.7. The van der Waals surface area contributed by atoms with Gasteiger partial charge in [-0.15, -0.1) is 0 Å². The van der Waals surface area contributed by atoms with E-state index in [-0.39, 0.29) is 97.5 Å². The Kier molecular flexibility index (Phi) is 45.1. The normalized spacial score (nSPS) is 14.2. The first kappa shape index (κ1) is 104. The zero-order valence-corrected chi connectivity index (χ0v) is 66.4. The largest absolute Gasteiger partial charge is 0.478 e. The first-order valence-corrected chi connectivity index (χ1v) is 37.2. The minimum Gasteiger partial charge on any atom is -0.478 e. The molecular formula is C87H123Cl2N15O13. The number of ketones is 3. The van der Waals surface area contributed by atoms with Crippen molar-refractivity contribution >= 4 is 111 Å². The van der Waals surface area contributed by atoms with Gasteiger partial charge in [-0.3, -0.25) is 30.3 Å². The molecule has 4 amide bonds. The summed E-state index contributed by atoms with van der Waals surface area (Å²) in [6.45, 7) is 23.8. The molecule has 0 spiro atoms. The number of nitrogens with one attached hydrogen (secondary N) is 5. The first-order valence-electron chi connectivity index (χ1n) is 36.5. The van der Waals surface area contributed by atoms with E-state index < -0.39 is 41.1 Å². The molecule has 14 N–H and O–H groups in total. The number of nitrogen functional groups attached to an aromatic ring is 2. The number of Topliss-reactive ketones (excluding diaryl/α,β-unsaturated/α-hetero) is 3. The van der Waals surface area contributed by atoms with Crippen LogP contribution < -0.4 is 59.3 Å². The fourth-order valence-electron chi connectivity index (χ4n) is 10.6. The molecule has 0 aliphatic carbocycles. The number of ether oxygens (including phenoxy) is 4. The number of carbonyl (C=O) groups is 8. The molecule has 0 saturated carbocycles. The highest BCUT2D eigenvalue weighted by atomic mass is 35.5. The van der Waals surface area contributed by atoms with E-state index in [1.165, 1.54) is 24.5 Å². The number of benzene rings is 4. The predicted molar refractivity (Wildman–Crippen MR) is 472 cm³/mol. The summed E-state index contributed by atoms with van der Waals surface area (Å²) in [5, 5.41) is 23.0. The average molecular weight is 1660 g/mol. The van der Waals surface area contributed by atoms with Crippen molar-refractivity contribution in [2.45, 2.75) is 186 Å². The number of aromatic nitrogens is 4. The van der Waals surface area contributed by atoms with Gasteiger partial charge in [0.15, 0.2) is 17.3 Å². The van der Waals surface area contributed by atoms with Crippen LogP contribution in [0.1, 0.15) is 190 Å². The third-order valence-electron chi connectivity index (χ3n) is 16.1. The second kappa shape index (κ2) is 50.9. The van der Waals surface area contributed by atoms with E-state index in [0.717, 1.165) is 81.2 Å². The number of carbonyl (C=O) groups excluding carboxylic acids is 7. The number of hydrogen-bond acceptors (Lipinski definition) is 23. The van der Waals surface area contributed by atoms with Crippen molar-refractivity contribution in [2.75, 3.05) is 83.1 Å². The van der Waals surface area contributed by atoms with E-state index in [9.17, 15) is 38.4 Å². The van der Waals surface area contributed by atoms with Gasteiger partial charge in [0.2, 0.25) is 0 Å². The first-order chi connectivity index (χ1) is 53.0. The van der Waals surface area contributed by atoms with Crippen molar-refractivity contribution in [1.29, 1.82) is 0 Å². The third-order valence-corrected chi connectivity index (χ3v) is 16.5. The number of nitrogens with zero attached hydrogens (tertiary/aromatic N) is 6. The highest BCUT2D eigenvalue weighted by Crippen LogP contribution is 2.26. The molecule has 3 fully saturated rings. The van der Waals surface area contributed by atoms with E-state index in [2.05, 4.69) is 56.3 Å². The Morgan fingerprint density at radius 2 is 0.855 bits per heavy atom. The molecule has 0 radical (unpaired) electrons. The summed E-state index contributed by atoms with van der Waals surface area (Å²) in [6.07, 6.45) is 8.15. The van der Waals surface area contributed by atoms with Gasteiger partial charge in [-0.2, -0.15) is 0 Å². The quantitative estimate of drug-likeness (QED) is 0.0165. The van der Waals surface area contributed by atoms with Crippen LogP contribution in [0.2, 0.25) is 10.3 Å². The molecule has 8 aromatic rings. The van der Waals surface area contributed by atoms with Crippen LogP contribution >= 0.6 is 23.2 Å². The summed E-state index contributed by atoms with van der Waals surface area (Å²) in [4.78, 5) is 115. The molecule has 3 atom stereocenters. The number of nitrogens with two attached hydrogens (primary N) is 4. The molecule has 3 saturated heterocycles. The number of pyridine rings is 4. The molecule has 3 aliphatic rings. The minimum absolute atomic E-state index is 0. The maximum absolute atomic E-state index is 12.7. The topological polar surface area (TPSA) is 416 Å². The molecule has 3 aliphatic heterocycles. The van der Waals surface area contributed by atoms with E-state index in [1.54, 1.807) is 160 Å². The van der Waals surface area contributed by atoms with Gasteiger partial charge < -0.3 is 67.4 Å². The SMILES string of the molecule is C.C.C.C.C.CC(C)(C)OC(=O)Nc1ccccc1CC(=O)c1ccc(Cl)nc1.CC(C)(C)OC(=O)Nc1ccccc1CC(=O)c1ccc(N2CC[C@H](N)C2)nc1.CC(C)(C)OC(=O)Nc1ccccc1N.CCCOC(=O)N[C@H]1CCN(c2ccc(C(=O)Cc3ccccc3N)cn2)C1.N[C@H]1CCNC1.O=C(O)c1ccc(Cl)nc1. The van der Waals surface area contributed by atoms with Crippen LogP contribution in [0.4, 0.5) is 59.3 Å². The minimum atomic E-state index is -0.996. The smallest absolute Gasteiger partial charge is 0.412 e. The Morgan fingerprint density at radius 1 is 0.470 bits per heavy atom. The Labute approximate surface area is 700 Å². The van der Waals surface area contributed by atoms with Gasteiger partial charge in [-0.1, -0.05) is 134 Å². The average Bonchev–Trinajstić information content (AvgIpc) is 1.82. The van der Waals surface area contributed by atoms with Crippen molar-refractivity contribution in [3.63, 3.8) is 0 Å². The number of anilines is 7. The molecule has 28 nitrogen and oxygen atoms in total. The lowest BCUT2D eigenvalue weighted by Gasteiger charge is -2.20. The van der Waals surface area contributed by atoms with Gasteiger partial charge in [0, 0.05) is 123 Å². The van der Waals surface area contributed by atoms with Crippen LogP contribution in [0.3, 0.4) is 0 Å². The third kappa shape index (κ3) is 38.8. The lowest BCUT2D eigenvalue weighted by molar-refractivity contribution is 0.0624.